The smallest absolute Gasteiger partial charge is 1.00 e. The second-order valence-corrected chi connectivity index (χ2v) is 13.2. The van der Waals surface area contributed by atoms with Crippen LogP contribution >= 0.6 is 7.26 Å². The van der Waals surface area contributed by atoms with E-state index in [-0.39, 0.29) is 44.4 Å². The number of amidine groups is 2. The van der Waals surface area contributed by atoms with Crippen molar-refractivity contribution in [1.29, 1.82) is 0 Å². The molecule has 0 saturated heterocycles. The van der Waals surface area contributed by atoms with Gasteiger partial charge in [-0.1, -0.05) is 54.6 Å². The van der Waals surface area contributed by atoms with Crippen LogP contribution < -0.4 is 43.5 Å². The van der Waals surface area contributed by atoms with Gasteiger partial charge in [0, 0.05) is 26.0 Å². The molecule has 3 aromatic carbocycles. The van der Waals surface area contributed by atoms with Gasteiger partial charge in [-0.05, 0) is 59.7 Å². The van der Waals surface area contributed by atoms with E-state index in [1.807, 2.05) is 18.2 Å². The van der Waals surface area contributed by atoms with Gasteiger partial charge in [0.2, 0.25) is 0 Å². The normalized spacial score (nSPS) is 12.5. The first-order valence-corrected chi connectivity index (χ1v) is 16.3. The van der Waals surface area contributed by atoms with E-state index in [4.69, 9.17) is 30.0 Å². The summed E-state index contributed by atoms with van der Waals surface area (Å²) < 4.78 is 6.38. The summed E-state index contributed by atoms with van der Waals surface area (Å²) >= 11 is 10.5. The van der Waals surface area contributed by atoms with Gasteiger partial charge in [0.1, 0.15) is 23.2 Å². The van der Waals surface area contributed by atoms with Crippen molar-refractivity contribution in [2.24, 2.45) is 20.4 Å². The number of nitrogens with zero attached hydrogens (tertiary/aromatic N) is 6. The summed E-state index contributed by atoms with van der Waals surface area (Å²) in [5, 5.41) is 26.6. The van der Waals surface area contributed by atoms with E-state index in [1.165, 1.54) is 15.9 Å². The molecule has 45 heavy (non-hydrogen) atoms. The number of hydrogen-bond donors (Lipinski definition) is 2. The first-order valence-electron chi connectivity index (χ1n) is 13.5. The van der Waals surface area contributed by atoms with Crippen molar-refractivity contribution in [2.45, 2.75) is 6.92 Å². The molecule has 0 atom stereocenters. The maximum absolute atomic E-state index is 6.38. The maximum atomic E-state index is 6.38. The Morgan fingerprint density at radius 2 is 1.22 bits per heavy atom. The van der Waals surface area contributed by atoms with Crippen LogP contribution in [0.1, 0.15) is 12.7 Å². The third kappa shape index (κ3) is 10.7. The van der Waals surface area contributed by atoms with Gasteiger partial charge in [-0.15, -0.1) is 5.10 Å². The van der Waals surface area contributed by atoms with Gasteiger partial charge >= 0.3 is 17.1 Å². The molecule has 1 heterocycles. The molecule has 0 aliphatic carbocycles. The van der Waals surface area contributed by atoms with Crippen LogP contribution in [-0.2, 0) is 47.1 Å². The third-order valence-corrected chi connectivity index (χ3v) is 10.9. The van der Waals surface area contributed by atoms with Crippen molar-refractivity contribution in [3.05, 3.63) is 115 Å². The van der Waals surface area contributed by atoms with E-state index in [9.17, 15) is 0 Å². The fourth-order valence-corrected chi connectivity index (χ4v) is 8.17. The predicted octanol–water partition coefficient (Wildman–Crippen LogP) is 0.141. The number of halogens is 1. The summed E-state index contributed by atoms with van der Waals surface area (Å²) in [4.78, 5) is 8.47. The molecule has 0 unspecified atom stereocenters. The predicted molar refractivity (Wildman–Crippen MR) is 184 cm³/mol. The number of rotatable bonds is 12. The first kappa shape index (κ1) is 38.0. The minimum Gasteiger partial charge on any atom is -1.00 e. The second kappa shape index (κ2) is 20.1. The molecule has 1 aromatic heterocycles. The SMILES string of the molecule is CNC([S-])=NN=C(C(C)=NN=C([S-])NCCOC[P+](c1ccccc1)(c1ccccc1)c1ccccc1)c1ncccn1.[Br-].[Cu+2]. The summed E-state index contributed by atoms with van der Waals surface area (Å²) in [5.41, 5.74) is 0.758. The average molecular weight is 771 g/mol. The Balaban J connectivity index is 0.00000353. The van der Waals surface area contributed by atoms with Crippen LogP contribution in [-0.4, -0.2) is 58.3 Å². The molecule has 0 aliphatic rings. The average Bonchev–Trinajstić information content (AvgIpc) is 3.07. The van der Waals surface area contributed by atoms with Crippen molar-refractivity contribution in [3.63, 3.8) is 0 Å². The Bertz CT molecular complexity index is 1470. The van der Waals surface area contributed by atoms with Gasteiger partial charge in [-0.3, -0.25) is 0 Å². The molecule has 0 bridgehead atoms. The maximum Gasteiger partial charge on any atom is 2.00 e. The summed E-state index contributed by atoms with van der Waals surface area (Å²) in [5.74, 6) is 0.343. The van der Waals surface area contributed by atoms with Crippen molar-refractivity contribution >= 4 is 70.2 Å². The molecule has 0 amide bonds. The zero-order valence-electron chi connectivity index (χ0n) is 24.5. The largest absolute Gasteiger partial charge is 2.00 e. The van der Waals surface area contributed by atoms with Gasteiger partial charge in [-0.25, -0.2) is 9.97 Å². The molecule has 237 valence electrons. The summed E-state index contributed by atoms with van der Waals surface area (Å²) in [6.07, 6.45) is 3.76. The second-order valence-electron chi connectivity index (χ2n) is 9.05. The number of aromatic nitrogens is 2. The monoisotopic (exact) mass is 769 g/mol. The van der Waals surface area contributed by atoms with Crippen molar-refractivity contribution < 1.29 is 38.8 Å². The molecule has 0 fully saturated rings. The Labute approximate surface area is 297 Å². The number of benzene rings is 3. The summed E-state index contributed by atoms with van der Waals surface area (Å²) in [7, 11) is -0.412. The van der Waals surface area contributed by atoms with Crippen molar-refractivity contribution in [3.8, 4) is 0 Å². The number of nitrogens with one attached hydrogen (secondary N) is 2. The van der Waals surface area contributed by atoms with Crippen LogP contribution in [0.15, 0.2) is 130 Å². The van der Waals surface area contributed by atoms with Crippen LogP contribution in [0.2, 0.25) is 0 Å². The minimum absolute atomic E-state index is 0. The van der Waals surface area contributed by atoms with Crippen LogP contribution in [0.4, 0.5) is 0 Å². The van der Waals surface area contributed by atoms with Gasteiger partial charge in [0.05, 0.1) is 12.3 Å². The molecule has 4 aromatic rings. The quantitative estimate of drug-likeness (QED) is 0.0402. The fourth-order valence-electron chi connectivity index (χ4n) is 4.20. The molecule has 1 radical (unpaired) electrons. The van der Waals surface area contributed by atoms with Gasteiger partial charge < -0.3 is 57.6 Å². The molecule has 0 aliphatic heterocycles. The molecule has 0 spiro atoms. The van der Waals surface area contributed by atoms with Gasteiger partial charge in [-0.2, -0.15) is 15.3 Å². The van der Waals surface area contributed by atoms with Crippen LogP contribution in [0.5, 0.6) is 0 Å². The van der Waals surface area contributed by atoms with E-state index < -0.39 is 7.26 Å². The standard InChI is InChI=1S/C31H33N8OPS2.BrH.Cu/c1-24(28(37-38-30(42)32-2)29-33-19-12-20-34-29)36-39-31(43)35-21-22-40-23-41(25-13-6-3-7-14-25,26-15-8-4-9-16-26)27-17-10-5-11-18-27;;/h3-20H,21-23H2,1-2H3,(H3-,32,33,34,35,36,37,38,39,42,43);1H;/q;;+2/p-2. The number of hydrogen-bond acceptors (Lipinski definition) is 9. The Morgan fingerprint density at radius 1 is 0.733 bits per heavy atom. The summed E-state index contributed by atoms with van der Waals surface area (Å²) in [6, 6.07) is 33.5. The Morgan fingerprint density at radius 3 is 1.71 bits per heavy atom. The Kier molecular flexibility index (Phi) is 17.0. The van der Waals surface area contributed by atoms with E-state index in [2.05, 4.69) is 114 Å². The molecular weight excluding hydrogens is 739 g/mol. The number of ether oxygens (including phenoxy) is 1. The van der Waals surface area contributed by atoms with Crippen LogP contribution in [0.25, 0.3) is 0 Å². The Hall–Kier alpha value is -3.15. The topological polar surface area (TPSA) is 109 Å². The molecule has 9 nitrogen and oxygen atoms in total. The molecular formula is C31H32BrCuN8OPS2. The van der Waals surface area contributed by atoms with Crippen molar-refractivity contribution in [1.82, 2.24) is 20.6 Å². The fraction of sp³-hybridized carbons (Fsp3) is 0.161. The first-order chi connectivity index (χ1) is 21.0. The van der Waals surface area contributed by atoms with E-state index in [0.717, 1.165) is 0 Å². The van der Waals surface area contributed by atoms with E-state index in [1.54, 1.807) is 32.4 Å². The van der Waals surface area contributed by atoms with Crippen molar-refractivity contribution in [2.75, 3.05) is 26.5 Å². The van der Waals surface area contributed by atoms with E-state index >= 15 is 0 Å². The molecule has 14 heteroatoms. The van der Waals surface area contributed by atoms with E-state index in [0.29, 0.717) is 36.7 Å². The van der Waals surface area contributed by atoms with Gasteiger partial charge in [0.15, 0.2) is 17.9 Å². The summed E-state index contributed by atoms with van der Waals surface area (Å²) in [6.45, 7) is 2.61. The third-order valence-electron chi connectivity index (χ3n) is 6.26. The molecule has 2 N–H and O–H groups in total. The molecule has 4 rings (SSSR count). The zero-order valence-corrected chi connectivity index (χ0v) is 29.6. The zero-order chi connectivity index (χ0) is 30.3. The van der Waals surface area contributed by atoms with Crippen LogP contribution in [0.3, 0.4) is 0 Å². The minimum atomic E-state index is -2.08. The molecule has 0 saturated carbocycles. The van der Waals surface area contributed by atoms with Gasteiger partial charge in [0.25, 0.3) is 0 Å². The van der Waals surface area contributed by atoms with Crippen LogP contribution in [0, 0.1) is 0 Å².